The summed E-state index contributed by atoms with van der Waals surface area (Å²) in [5.41, 5.74) is 2.04. The van der Waals surface area contributed by atoms with Crippen LogP contribution >= 0.6 is 0 Å². The second-order valence-corrected chi connectivity index (χ2v) is 6.74. The molecule has 3 heterocycles. The number of anilines is 1. The Balaban J connectivity index is 1.40. The standard InChI is InChI=1S/C20H14F2N4O2/c21-15-4-3-14(9-16(15)22)26-10-13(8-18(26)27)19-24-20(28-25-19)12-2-1-11-5-6-23-17(11)7-12/h1-7,9,13,23H,8,10H2. The fourth-order valence-electron chi connectivity index (χ4n) is 3.48. The number of halogens is 2. The van der Waals surface area contributed by atoms with Crippen LogP contribution in [0.4, 0.5) is 14.5 Å². The quantitative estimate of drug-likeness (QED) is 0.583. The Morgan fingerprint density at radius 2 is 2.00 bits per heavy atom. The van der Waals surface area contributed by atoms with E-state index in [1.807, 2.05) is 30.5 Å². The molecule has 0 spiro atoms. The second-order valence-electron chi connectivity index (χ2n) is 6.74. The number of rotatable bonds is 3. The SMILES string of the molecule is O=C1CC(c2noc(-c3ccc4cc[nH]c4c3)n2)CN1c1ccc(F)c(F)c1. The van der Waals surface area contributed by atoms with E-state index < -0.39 is 11.6 Å². The predicted molar refractivity (Wildman–Crippen MR) is 97.7 cm³/mol. The molecule has 8 heteroatoms. The fraction of sp³-hybridized carbons (Fsp3) is 0.150. The third kappa shape index (κ3) is 2.74. The summed E-state index contributed by atoms with van der Waals surface area (Å²) in [4.78, 5) is 21.4. The van der Waals surface area contributed by atoms with Crippen molar-refractivity contribution in [2.75, 3.05) is 11.4 Å². The molecule has 5 rings (SSSR count). The van der Waals surface area contributed by atoms with Crippen LogP contribution in [0.1, 0.15) is 18.2 Å². The molecule has 1 amide bonds. The molecule has 0 aliphatic carbocycles. The van der Waals surface area contributed by atoms with E-state index in [1.54, 1.807) is 0 Å². The van der Waals surface area contributed by atoms with E-state index >= 15 is 0 Å². The smallest absolute Gasteiger partial charge is 0.258 e. The maximum absolute atomic E-state index is 13.5. The molecule has 2 aromatic carbocycles. The third-order valence-corrected chi connectivity index (χ3v) is 4.95. The molecule has 1 aliphatic rings. The number of benzene rings is 2. The van der Waals surface area contributed by atoms with Crippen LogP contribution in [-0.2, 0) is 4.79 Å². The number of carbonyl (C=O) groups excluding carboxylic acids is 1. The molecule has 4 aromatic rings. The van der Waals surface area contributed by atoms with Crippen LogP contribution in [0.25, 0.3) is 22.4 Å². The van der Waals surface area contributed by atoms with E-state index in [0.29, 0.717) is 17.4 Å². The van der Waals surface area contributed by atoms with Gasteiger partial charge in [0.2, 0.25) is 5.91 Å². The van der Waals surface area contributed by atoms with Gasteiger partial charge in [0.15, 0.2) is 17.5 Å². The van der Waals surface area contributed by atoms with Crippen LogP contribution in [0.2, 0.25) is 0 Å². The van der Waals surface area contributed by atoms with Gasteiger partial charge in [0.1, 0.15) is 0 Å². The van der Waals surface area contributed by atoms with Crippen molar-refractivity contribution in [1.29, 1.82) is 0 Å². The van der Waals surface area contributed by atoms with Gasteiger partial charge >= 0.3 is 0 Å². The molecular formula is C20H14F2N4O2. The number of carbonyl (C=O) groups is 1. The number of H-pyrrole nitrogens is 1. The molecular weight excluding hydrogens is 366 g/mol. The average molecular weight is 380 g/mol. The number of fused-ring (bicyclic) bond motifs is 1. The number of amides is 1. The summed E-state index contributed by atoms with van der Waals surface area (Å²) in [6.45, 7) is 0.276. The van der Waals surface area contributed by atoms with Crippen molar-refractivity contribution in [3.63, 3.8) is 0 Å². The van der Waals surface area contributed by atoms with Crippen LogP contribution in [-0.4, -0.2) is 27.6 Å². The Bertz CT molecular complexity index is 1200. The third-order valence-electron chi connectivity index (χ3n) is 4.95. The van der Waals surface area contributed by atoms with Gasteiger partial charge < -0.3 is 14.4 Å². The molecule has 28 heavy (non-hydrogen) atoms. The molecule has 140 valence electrons. The van der Waals surface area contributed by atoms with Gasteiger partial charge in [-0.25, -0.2) is 8.78 Å². The summed E-state index contributed by atoms with van der Waals surface area (Å²) in [6.07, 6.45) is 2.03. The Labute approximate surface area is 157 Å². The van der Waals surface area contributed by atoms with E-state index in [4.69, 9.17) is 4.52 Å². The molecule has 1 fully saturated rings. The van der Waals surface area contributed by atoms with Gasteiger partial charge in [-0.1, -0.05) is 11.2 Å². The Hall–Kier alpha value is -3.55. The zero-order valence-electron chi connectivity index (χ0n) is 14.5. The largest absolute Gasteiger partial charge is 0.361 e. The number of aromatic amines is 1. The predicted octanol–water partition coefficient (Wildman–Crippen LogP) is 4.02. The van der Waals surface area contributed by atoms with Crippen molar-refractivity contribution in [3.8, 4) is 11.5 Å². The van der Waals surface area contributed by atoms with Crippen molar-refractivity contribution in [2.24, 2.45) is 0 Å². The maximum Gasteiger partial charge on any atom is 0.258 e. The minimum atomic E-state index is -0.990. The molecule has 1 saturated heterocycles. The van der Waals surface area contributed by atoms with Crippen LogP contribution in [0.3, 0.4) is 0 Å². The molecule has 1 aliphatic heterocycles. The number of hydrogen-bond donors (Lipinski definition) is 1. The van der Waals surface area contributed by atoms with Gasteiger partial charge in [-0.15, -0.1) is 0 Å². The maximum atomic E-state index is 13.5. The summed E-state index contributed by atoms with van der Waals surface area (Å²) in [5.74, 6) is -1.64. The van der Waals surface area contributed by atoms with Gasteiger partial charge in [-0.2, -0.15) is 4.98 Å². The lowest BCUT2D eigenvalue weighted by Gasteiger charge is -2.16. The van der Waals surface area contributed by atoms with Gasteiger partial charge in [0.05, 0.1) is 0 Å². The highest BCUT2D eigenvalue weighted by Crippen LogP contribution is 2.32. The highest BCUT2D eigenvalue weighted by Gasteiger charge is 2.35. The van der Waals surface area contributed by atoms with Crippen LogP contribution in [0, 0.1) is 11.6 Å². The lowest BCUT2D eigenvalue weighted by atomic mass is 10.1. The molecule has 1 unspecified atom stereocenters. The number of aromatic nitrogens is 3. The van der Waals surface area contributed by atoms with Gasteiger partial charge in [0, 0.05) is 47.9 Å². The summed E-state index contributed by atoms with van der Waals surface area (Å²) < 4.78 is 32.0. The monoisotopic (exact) mass is 380 g/mol. The molecule has 2 aromatic heterocycles. The highest BCUT2D eigenvalue weighted by molar-refractivity contribution is 5.96. The minimum absolute atomic E-state index is 0.174. The molecule has 1 atom stereocenters. The first-order valence-electron chi connectivity index (χ1n) is 8.75. The molecule has 1 N–H and O–H groups in total. The average Bonchev–Trinajstić information content (AvgIpc) is 3.42. The summed E-state index contributed by atoms with van der Waals surface area (Å²) in [6, 6.07) is 11.1. The van der Waals surface area contributed by atoms with E-state index in [0.717, 1.165) is 28.6 Å². The van der Waals surface area contributed by atoms with Crippen molar-refractivity contribution in [1.82, 2.24) is 15.1 Å². The van der Waals surface area contributed by atoms with E-state index in [9.17, 15) is 13.6 Å². The highest BCUT2D eigenvalue weighted by atomic mass is 19.2. The lowest BCUT2D eigenvalue weighted by molar-refractivity contribution is -0.117. The summed E-state index contributed by atoms with van der Waals surface area (Å²) >= 11 is 0. The van der Waals surface area contributed by atoms with Gasteiger partial charge in [0.25, 0.3) is 5.89 Å². The Kier molecular flexibility index (Phi) is 3.71. The van der Waals surface area contributed by atoms with Gasteiger partial charge in [-0.05, 0) is 35.7 Å². The van der Waals surface area contributed by atoms with Gasteiger partial charge in [-0.3, -0.25) is 4.79 Å². The second kappa shape index (κ2) is 6.26. The summed E-state index contributed by atoms with van der Waals surface area (Å²) in [7, 11) is 0. The first-order chi connectivity index (χ1) is 13.6. The molecule has 6 nitrogen and oxygen atoms in total. The van der Waals surface area contributed by atoms with Crippen molar-refractivity contribution >= 4 is 22.5 Å². The van der Waals surface area contributed by atoms with Crippen LogP contribution in [0.5, 0.6) is 0 Å². The number of nitrogens with zero attached hydrogens (tertiary/aromatic N) is 3. The first-order valence-corrected chi connectivity index (χ1v) is 8.75. The number of hydrogen-bond acceptors (Lipinski definition) is 4. The zero-order chi connectivity index (χ0) is 19.3. The lowest BCUT2D eigenvalue weighted by Crippen LogP contribution is -2.24. The van der Waals surface area contributed by atoms with Crippen molar-refractivity contribution in [3.05, 3.63) is 66.1 Å². The van der Waals surface area contributed by atoms with E-state index in [2.05, 4.69) is 15.1 Å². The Morgan fingerprint density at radius 1 is 1.11 bits per heavy atom. The molecule has 0 radical (unpaired) electrons. The number of nitrogens with one attached hydrogen (secondary N) is 1. The van der Waals surface area contributed by atoms with Crippen molar-refractivity contribution < 1.29 is 18.1 Å². The fourth-order valence-corrected chi connectivity index (χ4v) is 3.48. The Morgan fingerprint density at radius 3 is 2.86 bits per heavy atom. The minimum Gasteiger partial charge on any atom is -0.361 e. The van der Waals surface area contributed by atoms with Crippen LogP contribution in [0.15, 0.2) is 53.2 Å². The molecule has 0 saturated carbocycles. The molecule has 0 bridgehead atoms. The normalized spacial score (nSPS) is 17.0. The van der Waals surface area contributed by atoms with E-state index in [1.165, 1.54) is 11.0 Å². The van der Waals surface area contributed by atoms with E-state index in [-0.39, 0.29) is 24.8 Å². The van der Waals surface area contributed by atoms with Crippen LogP contribution < -0.4 is 4.90 Å². The van der Waals surface area contributed by atoms with Crippen molar-refractivity contribution in [2.45, 2.75) is 12.3 Å². The topological polar surface area (TPSA) is 75.0 Å². The summed E-state index contributed by atoms with van der Waals surface area (Å²) in [5, 5.41) is 5.10. The zero-order valence-corrected chi connectivity index (χ0v) is 14.5. The first kappa shape index (κ1) is 16.6.